The van der Waals surface area contributed by atoms with E-state index in [0.29, 0.717) is 18.6 Å². The van der Waals surface area contributed by atoms with Crippen molar-refractivity contribution in [2.24, 2.45) is 0 Å². The van der Waals surface area contributed by atoms with Crippen LogP contribution in [0.4, 0.5) is 0 Å². The highest BCUT2D eigenvalue weighted by Crippen LogP contribution is 2.34. The van der Waals surface area contributed by atoms with E-state index in [1.807, 2.05) is 103 Å². The lowest BCUT2D eigenvalue weighted by atomic mass is 10.0. The average Bonchev–Trinajstić information content (AvgIpc) is 3.25. The highest BCUT2D eigenvalue weighted by Gasteiger charge is 2.45. The summed E-state index contributed by atoms with van der Waals surface area (Å²) >= 11 is 0. The highest BCUT2D eigenvalue weighted by atomic mass is 16.6. The Hall–Kier alpha value is -4.38. The number of carbonyl (C=O) groups excluding carboxylic acids is 2. The third-order valence-electron chi connectivity index (χ3n) is 6.03. The minimum atomic E-state index is -0.769. The minimum Gasteiger partial charge on any atom is -0.489 e. The molecule has 1 fully saturated rings. The molecule has 2 atom stereocenters. The van der Waals surface area contributed by atoms with Crippen molar-refractivity contribution in [1.29, 1.82) is 0 Å². The van der Waals surface area contributed by atoms with E-state index in [4.69, 9.17) is 9.47 Å². The Morgan fingerprint density at radius 3 is 2.00 bits per heavy atom. The van der Waals surface area contributed by atoms with Crippen molar-refractivity contribution < 1.29 is 19.1 Å². The van der Waals surface area contributed by atoms with Crippen LogP contribution in [0.2, 0.25) is 0 Å². The second-order valence-corrected chi connectivity index (χ2v) is 8.42. The van der Waals surface area contributed by atoms with Gasteiger partial charge in [0, 0.05) is 17.5 Å². The lowest BCUT2D eigenvalue weighted by molar-refractivity contribution is -0.142. The van der Waals surface area contributed by atoms with Gasteiger partial charge in [-0.1, -0.05) is 91.0 Å². The van der Waals surface area contributed by atoms with Crippen LogP contribution in [-0.4, -0.2) is 22.8 Å². The van der Waals surface area contributed by atoms with Gasteiger partial charge in [0.1, 0.15) is 18.4 Å². The first kappa shape index (κ1) is 22.4. The molecule has 0 saturated carbocycles. The molecule has 4 aromatic carbocycles. The number of esters is 1. The number of benzene rings is 4. The smallest absolute Gasteiger partial charge is 0.331 e. The second kappa shape index (κ2) is 10.3. The molecule has 5 nitrogen and oxygen atoms in total. The van der Waals surface area contributed by atoms with Crippen molar-refractivity contribution >= 4 is 11.9 Å². The molecule has 1 amide bonds. The summed E-state index contributed by atoms with van der Waals surface area (Å²) in [6.45, 7) is 0.479. The molecule has 1 heterocycles. The SMILES string of the molecule is O=C1O[C@H](c2ccccc2)N(C(=O)c2ccccc2)[C@H]1Cc1ccc(OCc2ccccc2)cc1. The average molecular weight is 464 g/mol. The van der Waals surface area contributed by atoms with Gasteiger partial charge in [0.25, 0.3) is 5.91 Å². The molecule has 5 rings (SSSR count). The number of hydrogen-bond acceptors (Lipinski definition) is 4. The summed E-state index contributed by atoms with van der Waals surface area (Å²) in [6.07, 6.45) is -0.422. The van der Waals surface area contributed by atoms with Crippen LogP contribution in [0.1, 0.15) is 33.3 Å². The van der Waals surface area contributed by atoms with Gasteiger partial charge in [0.2, 0.25) is 6.23 Å². The molecule has 1 aliphatic rings. The summed E-state index contributed by atoms with van der Waals surface area (Å²) in [5, 5.41) is 0. The standard InChI is InChI=1S/C30H25NO4/c32-28(24-12-6-2-7-13-24)31-27(30(33)35-29(31)25-14-8-3-9-15-25)20-22-16-18-26(19-17-22)34-21-23-10-4-1-5-11-23/h1-19,27,29H,20-21H2/t27-,29+/m0/s1. The van der Waals surface area contributed by atoms with Gasteiger partial charge in [-0.2, -0.15) is 0 Å². The van der Waals surface area contributed by atoms with Gasteiger partial charge in [-0.25, -0.2) is 4.79 Å². The fourth-order valence-corrected chi connectivity index (χ4v) is 4.21. The third kappa shape index (κ3) is 5.09. The third-order valence-corrected chi connectivity index (χ3v) is 6.03. The summed E-state index contributed by atoms with van der Waals surface area (Å²) in [7, 11) is 0. The van der Waals surface area contributed by atoms with E-state index < -0.39 is 18.2 Å². The van der Waals surface area contributed by atoms with Crippen LogP contribution < -0.4 is 4.74 Å². The monoisotopic (exact) mass is 463 g/mol. The number of cyclic esters (lactones) is 1. The van der Waals surface area contributed by atoms with E-state index in [-0.39, 0.29) is 5.91 Å². The van der Waals surface area contributed by atoms with Crippen LogP contribution in [0.5, 0.6) is 5.75 Å². The van der Waals surface area contributed by atoms with Crippen LogP contribution in [0, 0.1) is 0 Å². The zero-order valence-corrected chi connectivity index (χ0v) is 19.1. The molecule has 0 aliphatic carbocycles. The maximum Gasteiger partial charge on any atom is 0.331 e. The molecule has 35 heavy (non-hydrogen) atoms. The molecule has 0 spiro atoms. The molecule has 174 valence electrons. The lowest BCUT2D eigenvalue weighted by Gasteiger charge is -2.26. The van der Waals surface area contributed by atoms with E-state index in [9.17, 15) is 9.59 Å². The van der Waals surface area contributed by atoms with Crippen molar-refractivity contribution in [3.63, 3.8) is 0 Å². The van der Waals surface area contributed by atoms with Gasteiger partial charge in [0.15, 0.2) is 0 Å². The number of carbonyl (C=O) groups is 2. The Morgan fingerprint density at radius 2 is 1.34 bits per heavy atom. The number of rotatable bonds is 7. The quantitative estimate of drug-likeness (QED) is 0.336. The number of nitrogens with zero attached hydrogens (tertiary/aromatic N) is 1. The topological polar surface area (TPSA) is 55.8 Å². The van der Waals surface area contributed by atoms with Gasteiger partial charge < -0.3 is 9.47 Å². The normalized spacial score (nSPS) is 17.1. The molecule has 5 heteroatoms. The predicted octanol–water partition coefficient (Wildman–Crippen LogP) is 5.57. The molecule has 0 aromatic heterocycles. The lowest BCUT2D eigenvalue weighted by Crippen LogP contribution is -2.40. The fraction of sp³-hybridized carbons (Fsp3) is 0.133. The largest absolute Gasteiger partial charge is 0.489 e. The van der Waals surface area contributed by atoms with Crippen molar-refractivity contribution in [1.82, 2.24) is 4.90 Å². The number of amides is 1. The van der Waals surface area contributed by atoms with Crippen molar-refractivity contribution in [2.75, 3.05) is 0 Å². The number of hydrogen-bond donors (Lipinski definition) is 0. The number of ether oxygens (including phenoxy) is 2. The predicted molar refractivity (Wildman–Crippen MR) is 133 cm³/mol. The van der Waals surface area contributed by atoms with Crippen LogP contribution >= 0.6 is 0 Å². The van der Waals surface area contributed by atoms with Crippen molar-refractivity contribution in [3.8, 4) is 5.75 Å². The Labute approximate surface area is 204 Å². The maximum absolute atomic E-state index is 13.5. The fourth-order valence-electron chi connectivity index (χ4n) is 4.21. The van der Waals surface area contributed by atoms with E-state index in [2.05, 4.69) is 0 Å². The first-order valence-corrected chi connectivity index (χ1v) is 11.6. The Kier molecular flexibility index (Phi) is 6.57. The molecule has 0 unspecified atom stereocenters. The molecule has 0 radical (unpaired) electrons. The summed E-state index contributed by atoms with van der Waals surface area (Å²) in [6, 6.07) is 35.2. The van der Waals surface area contributed by atoms with Crippen molar-refractivity contribution in [2.45, 2.75) is 25.3 Å². The van der Waals surface area contributed by atoms with E-state index >= 15 is 0 Å². The summed E-state index contributed by atoms with van der Waals surface area (Å²) in [5.41, 5.74) is 3.28. The van der Waals surface area contributed by atoms with Gasteiger partial charge in [-0.05, 0) is 35.4 Å². The first-order chi connectivity index (χ1) is 17.2. The van der Waals surface area contributed by atoms with E-state index in [1.165, 1.54) is 0 Å². The summed E-state index contributed by atoms with van der Waals surface area (Å²) < 4.78 is 11.6. The minimum absolute atomic E-state index is 0.238. The van der Waals surface area contributed by atoms with E-state index in [1.54, 1.807) is 17.0 Å². The van der Waals surface area contributed by atoms with Gasteiger partial charge in [-0.15, -0.1) is 0 Å². The molecule has 0 N–H and O–H groups in total. The molecule has 0 bridgehead atoms. The summed E-state index contributed by atoms with van der Waals surface area (Å²) in [4.78, 5) is 28.1. The van der Waals surface area contributed by atoms with Crippen LogP contribution in [-0.2, 0) is 22.6 Å². The highest BCUT2D eigenvalue weighted by molar-refractivity contribution is 5.98. The summed E-state index contributed by atoms with van der Waals surface area (Å²) in [5.74, 6) is 0.0941. The molecule has 1 aliphatic heterocycles. The zero-order valence-electron chi connectivity index (χ0n) is 19.1. The van der Waals surface area contributed by atoms with Gasteiger partial charge >= 0.3 is 5.97 Å². The first-order valence-electron chi connectivity index (χ1n) is 11.6. The zero-order chi connectivity index (χ0) is 24.0. The van der Waals surface area contributed by atoms with Crippen LogP contribution in [0.15, 0.2) is 115 Å². The molecule has 1 saturated heterocycles. The second-order valence-electron chi connectivity index (χ2n) is 8.42. The molecular formula is C30H25NO4. The van der Waals surface area contributed by atoms with E-state index in [0.717, 1.165) is 22.4 Å². The van der Waals surface area contributed by atoms with Crippen molar-refractivity contribution in [3.05, 3.63) is 138 Å². The molecule has 4 aromatic rings. The maximum atomic E-state index is 13.5. The Bertz CT molecular complexity index is 1270. The Balaban J connectivity index is 1.36. The van der Waals surface area contributed by atoms with Crippen LogP contribution in [0.3, 0.4) is 0 Å². The van der Waals surface area contributed by atoms with Gasteiger partial charge in [0.05, 0.1) is 0 Å². The van der Waals surface area contributed by atoms with Crippen LogP contribution in [0.25, 0.3) is 0 Å². The van der Waals surface area contributed by atoms with Gasteiger partial charge in [-0.3, -0.25) is 9.69 Å². The molecular weight excluding hydrogens is 438 g/mol. The Morgan fingerprint density at radius 1 is 0.743 bits per heavy atom.